The number of halogens is 3. The number of furan rings is 1. The fourth-order valence-electron chi connectivity index (χ4n) is 2.82. The molecule has 0 saturated heterocycles. The number of alkyl halides is 3. The van der Waals surface area contributed by atoms with Crippen molar-refractivity contribution in [3.8, 4) is 17.4 Å². The van der Waals surface area contributed by atoms with E-state index in [1.54, 1.807) is 12.1 Å². The molecule has 0 spiro atoms. The first-order valence-electron chi connectivity index (χ1n) is 8.90. The number of hydrogen-bond donors (Lipinski definition) is 1. The Labute approximate surface area is 178 Å². The zero-order valence-corrected chi connectivity index (χ0v) is 16.4. The molecule has 9 heteroatoms. The van der Waals surface area contributed by atoms with Crippen molar-refractivity contribution in [1.82, 2.24) is 4.98 Å². The topological polar surface area (TPSA) is 78.9 Å². The van der Waals surface area contributed by atoms with Crippen molar-refractivity contribution in [2.45, 2.75) is 6.18 Å². The van der Waals surface area contributed by atoms with Crippen LogP contribution in [0.1, 0.15) is 11.3 Å². The first-order chi connectivity index (χ1) is 14.8. The van der Waals surface area contributed by atoms with Crippen molar-refractivity contribution < 1.29 is 22.4 Å². The minimum absolute atomic E-state index is 0.156. The van der Waals surface area contributed by atoms with Gasteiger partial charge >= 0.3 is 6.18 Å². The maximum atomic E-state index is 12.9. The fraction of sp³-hybridized carbons (Fsp3) is 0.0455. The largest absolute Gasteiger partial charge is 0.457 e. The molecule has 0 fully saturated rings. The summed E-state index contributed by atoms with van der Waals surface area (Å²) in [6.07, 6.45) is -3.25. The molecule has 5 nitrogen and oxygen atoms in total. The van der Waals surface area contributed by atoms with E-state index in [2.05, 4.69) is 10.3 Å². The van der Waals surface area contributed by atoms with Gasteiger partial charge in [-0.15, -0.1) is 0 Å². The number of fused-ring (bicyclic) bond motifs is 1. The number of carbonyl (C=O) groups excluding carboxylic acids is 1. The smallest absolute Gasteiger partial charge is 0.416 e. The van der Waals surface area contributed by atoms with Gasteiger partial charge in [0.05, 0.1) is 15.8 Å². The summed E-state index contributed by atoms with van der Waals surface area (Å²) in [4.78, 5) is 16.7. The zero-order chi connectivity index (χ0) is 22.0. The Hall–Kier alpha value is -3.90. The van der Waals surface area contributed by atoms with Gasteiger partial charge in [0.25, 0.3) is 5.91 Å². The molecule has 2 aromatic heterocycles. The minimum atomic E-state index is -4.47. The Morgan fingerprint density at radius 1 is 1.13 bits per heavy atom. The molecule has 1 amide bonds. The van der Waals surface area contributed by atoms with Gasteiger partial charge in [0.1, 0.15) is 23.2 Å². The van der Waals surface area contributed by atoms with Crippen molar-refractivity contribution in [1.29, 1.82) is 5.26 Å². The lowest BCUT2D eigenvalue weighted by Gasteiger charge is -2.07. The van der Waals surface area contributed by atoms with Gasteiger partial charge in [-0.05, 0) is 36.4 Å². The van der Waals surface area contributed by atoms with Gasteiger partial charge in [-0.2, -0.15) is 18.4 Å². The fourth-order valence-corrected chi connectivity index (χ4v) is 3.68. The Kier molecular flexibility index (Phi) is 5.31. The second kappa shape index (κ2) is 8.08. The Morgan fingerprint density at radius 3 is 2.68 bits per heavy atom. The molecule has 2 aromatic carbocycles. The molecule has 4 aromatic rings. The van der Waals surface area contributed by atoms with Gasteiger partial charge in [0, 0.05) is 11.6 Å². The highest BCUT2D eigenvalue weighted by Gasteiger charge is 2.30. The molecule has 0 atom stereocenters. The summed E-state index contributed by atoms with van der Waals surface area (Å²) in [5, 5.41) is 12.3. The lowest BCUT2D eigenvalue weighted by Crippen LogP contribution is -2.13. The molecule has 0 aliphatic rings. The van der Waals surface area contributed by atoms with E-state index < -0.39 is 17.6 Å². The van der Waals surface area contributed by atoms with Crippen molar-refractivity contribution in [2.75, 3.05) is 5.32 Å². The van der Waals surface area contributed by atoms with Gasteiger partial charge in [-0.3, -0.25) is 10.1 Å². The number of carbonyl (C=O) groups is 1. The second-order valence-corrected chi connectivity index (χ2v) is 7.42. The number of nitriles is 1. The molecule has 2 heterocycles. The summed E-state index contributed by atoms with van der Waals surface area (Å²) < 4.78 is 45.2. The molecule has 0 radical (unpaired) electrons. The van der Waals surface area contributed by atoms with Crippen LogP contribution in [0.5, 0.6) is 0 Å². The van der Waals surface area contributed by atoms with Crippen LogP contribution in [-0.2, 0) is 11.0 Å². The summed E-state index contributed by atoms with van der Waals surface area (Å²) in [6.45, 7) is 0. The lowest BCUT2D eigenvalue weighted by atomic mass is 10.1. The van der Waals surface area contributed by atoms with Gasteiger partial charge in [0.15, 0.2) is 5.13 Å². The Bertz CT molecular complexity index is 1310. The van der Waals surface area contributed by atoms with Crippen LogP contribution in [0.15, 0.2) is 70.7 Å². The number of amides is 1. The van der Waals surface area contributed by atoms with Crippen LogP contribution >= 0.6 is 11.3 Å². The molecule has 4 rings (SSSR count). The normalized spacial score (nSPS) is 12.0. The van der Waals surface area contributed by atoms with Gasteiger partial charge in [-0.25, -0.2) is 4.98 Å². The number of nitrogens with one attached hydrogen (secondary N) is 1. The van der Waals surface area contributed by atoms with E-state index in [-0.39, 0.29) is 22.7 Å². The number of para-hydroxylation sites is 1. The second-order valence-electron chi connectivity index (χ2n) is 6.39. The quantitative estimate of drug-likeness (QED) is 0.307. The molecule has 0 unspecified atom stereocenters. The van der Waals surface area contributed by atoms with Gasteiger partial charge in [0.2, 0.25) is 0 Å². The highest BCUT2D eigenvalue weighted by Crippen LogP contribution is 2.33. The molecule has 0 bridgehead atoms. The summed E-state index contributed by atoms with van der Waals surface area (Å²) in [6, 6.07) is 16.8. The summed E-state index contributed by atoms with van der Waals surface area (Å²) >= 11 is 1.27. The molecule has 0 aliphatic heterocycles. The maximum absolute atomic E-state index is 12.9. The lowest BCUT2D eigenvalue weighted by molar-refractivity contribution is -0.137. The van der Waals surface area contributed by atoms with E-state index in [4.69, 9.17) is 4.42 Å². The number of benzene rings is 2. The SMILES string of the molecule is N#C/C(=C/c1ccc(-c2cccc(C(F)(F)F)c2)o1)C(=O)Nc1nc2ccccc2s1. The number of rotatable bonds is 4. The Balaban J connectivity index is 1.55. The third kappa shape index (κ3) is 4.49. The van der Waals surface area contributed by atoms with Crippen molar-refractivity contribution >= 4 is 38.7 Å². The molecule has 1 N–H and O–H groups in total. The minimum Gasteiger partial charge on any atom is -0.457 e. The van der Waals surface area contributed by atoms with E-state index in [1.807, 2.05) is 18.2 Å². The van der Waals surface area contributed by atoms with E-state index >= 15 is 0 Å². The molecule has 0 saturated carbocycles. The average Bonchev–Trinajstić information content (AvgIpc) is 3.37. The third-order valence-electron chi connectivity index (χ3n) is 4.27. The van der Waals surface area contributed by atoms with Crippen LogP contribution in [0, 0.1) is 11.3 Å². The third-order valence-corrected chi connectivity index (χ3v) is 5.22. The van der Waals surface area contributed by atoms with E-state index in [9.17, 15) is 23.2 Å². The monoisotopic (exact) mass is 439 g/mol. The standard InChI is InChI=1S/C22H12F3N3O2S/c23-22(24,25)15-5-3-4-13(10-15)18-9-8-16(30-18)11-14(12-26)20(29)28-21-27-17-6-1-2-7-19(17)31-21/h1-11H,(H,27,28,29)/b14-11-. The number of anilines is 1. The molecule has 154 valence electrons. The van der Waals surface area contributed by atoms with E-state index in [0.29, 0.717) is 5.13 Å². The predicted octanol–water partition coefficient (Wildman–Crippen LogP) is 6.12. The zero-order valence-electron chi connectivity index (χ0n) is 15.6. The number of aromatic nitrogens is 1. The average molecular weight is 439 g/mol. The highest BCUT2D eigenvalue weighted by atomic mass is 32.1. The van der Waals surface area contributed by atoms with Crippen LogP contribution in [0.3, 0.4) is 0 Å². The van der Waals surface area contributed by atoms with Crippen LogP contribution in [-0.4, -0.2) is 10.9 Å². The van der Waals surface area contributed by atoms with Gasteiger partial charge < -0.3 is 4.42 Å². The van der Waals surface area contributed by atoms with Crippen molar-refractivity contribution in [2.24, 2.45) is 0 Å². The van der Waals surface area contributed by atoms with E-state index in [0.717, 1.165) is 22.3 Å². The van der Waals surface area contributed by atoms with Gasteiger partial charge in [-0.1, -0.05) is 35.6 Å². The maximum Gasteiger partial charge on any atom is 0.416 e. The molecule has 31 heavy (non-hydrogen) atoms. The van der Waals surface area contributed by atoms with Crippen LogP contribution in [0.2, 0.25) is 0 Å². The molecular formula is C22H12F3N3O2S. The summed E-state index contributed by atoms with van der Waals surface area (Å²) in [7, 11) is 0. The predicted molar refractivity (Wildman–Crippen MR) is 111 cm³/mol. The molecule has 0 aliphatic carbocycles. The molecular weight excluding hydrogens is 427 g/mol. The van der Waals surface area contributed by atoms with Crippen LogP contribution in [0.4, 0.5) is 18.3 Å². The van der Waals surface area contributed by atoms with Crippen molar-refractivity contribution in [3.05, 3.63) is 77.6 Å². The summed E-state index contributed by atoms with van der Waals surface area (Å²) in [5.41, 5.74) is -0.0791. The van der Waals surface area contributed by atoms with Crippen LogP contribution < -0.4 is 5.32 Å². The van der Waals surface area contributed by atoms with Crippen LogP contribution in [0.25, 0.3) is 27.6 Å². The van der Waals surface area contributed by atoms with E-state index in [1.165, 1.54) is 41.7 Å². The first-order valence-corrected chi connectivity index (χ1v) is 9.71. The summed E-state index contributed by atoms with van der Waals surface area (Å²) in [5.74, 6) is -0.330. The number of thiazole rings is 1. The first kappa shape index (κ1) is 20.4. The number of nitrogens with zero attached hydrogens (tertiary/aromatic N) is 2. The number of hydrogen-bond acceptors (Lipinski definition) is 5. The van der Waals surface area contributed by atoms with Crippen molar-refractivity contribution in [3.63, 3.8) is 0 Å². The Morgan fingerprint density at radius 2 is 1.94 bits per heavy atom. The highest BCUT2D eigenvalue weighted by molar-refractivity contribution is 7.22.